The van der Waals surface area contributed by atoms with E-state index in [1.807, 2.05) is 0 Å². The number of nitrogens with zero attached hydrogens (tertiary/aromatic N) is 1. The topological polar surface area (TPSA) is 50.5 Å². The number of hydrogen-bond acceptors (Lipinski definition) is 5. The maximum absolute atomic E-state index is 5.81. The fraction of sp³-hybridized carbons (Fsp3) is 0.304. The fourth-order valence-electron chi connectivity index (χ4n) is 3.34. The lowest BCUT2D eigenvalue weighted by atomic mass is 9.99. The van der Waals surface area contributed by atoms with E-state index >= 15 is 0 Å². The Bertz CT molecular complexity index is 920. The zero-order chi connectivity index (χ0) is 20.3. The van der Waals surface area contributed by atoms with Gasteiger partial charge in [-0.1, -0.05) is 36.0 Å². The van der Waals surface area contributed by atoms with Gasteiger partial charge in [-0.3, -0.25) is 5.84 Å². The van der Waals surface area contributed by atoms with Crippen LogP contribution in [0.15, 0.2) is 47.9 Å². The number of hydrogen-bond donors (Lipinski definition) is 2. The molecule has 0 amide bonds. The Labute approximate surface area is 172 Å². The third kappa shape index (κ3) is 4.54. The highest BCUT2D eigenvalue weighted by atomic mass is 32.2. The SMILES string of the molecule is C=C(S/C=C(\C)Cc1cc(C)c(NN)cc1C)c1ccc2c(c1)OCCN2C. The van der Waals surface area contributed by atoms with E-state index in [1.54, 1.807) is 11.8 Å². The maximum Gasteiger partial charge on any atom is 0.143 e. The Balaban J connectivity index is 1.68. The Morgan fingerprint density at radius 1 is 1.29 bits per heavy atom. The van der Waals surface area contributed by atoms with E-state index in [-0.39, 0.29) is 0 Å². The standard InChI is InChI=1S/C23H29N3OS/c1-15(10-20-11-17(3)21(25-24)12-16(20)2)14-28-18(4)19-6-7-22-23(13-19)27-9-8-26(22)5/h6-7,11-14,25H,4,8-10,24H2,1-3,5H3/b15-14+. The molecule has 0 unspecified atom stereocenters. The number of benzene rings is 2. The molecule has 3 N–H and O–H groups in total. The van der Waals surface area contributed by atoms with E-state index in [0.717, 1.165) is 52.7 Å². The molecule has 0 atom stereocenters. The Kier molecular flexibility index (Phi) is 6.37. The average Bonchev–Trinajstić information content (AvgIpc) is 2.68. The summed E-state index contributed by atoms with van der Waals surface area (Å²) in [7, 11) is 2.09. The fourth-order valence-corrected chi connectivity index (χ4v) is 4.03. The maximum atomic E-state index is 5.81. The summed E-state index contributed by atoms with van der Waals surface area (Å²) in [5.74, 6) is 6.51. The molecular formula is C23H29N3OS. The molecule has 0 fully saturated rings. The Hall–Kier alpha value is -2.37. The number of nitrogens with one attached hydrogen (secondary N) is 1. The molecule has 0 radical (unpaired) electrons. The van der Waals surface area contributed by atoms with Crippen LogP contribution < -0.4 is 20.9 Å². The van der Waals surface area contributed by atoms with Gasteiger partial charge in [-0.05, 0) is 73.1 Å². The van der Waals surface area contributed by atoms with Crippen LogP contribution in [-0.2, 0) is 6.42 Å². The zero-order valence-corrected chi connectivity index (χ0v) is 18.0. The zero-order valence-electron chi connectivity index (χ0n) is 17.1. The van der Waals surface area contributed by atoms with Gasteiger partial charge < -0.3 is 15.1 Å². The number of aryl methyl sites for hydroxylation is 2. The monoisotopic (exact) mass is 395 g/mol. The second-order valence-corrected chi connectivity index (χ2v) is 8.34. The van der Waals surface area contributed by atoms with Crippen LogP contribution in [0.1, 0.15) is 29.2 Å². The molecule has 2 aromatic carbocycles. The number of anilines is 2. The molecule has 1 heterocycles. The van der Waals surface area contributed by atoms with Crippen LogP contribution in [0.2, 0.25) is 0 Å². The van der Waals surface area contributed by atoms with E-state index in [4.69, 9.17) is 10.6 Å². The van der Waals surface area contributed by atoms with Gasteiger partial charge in [0, 0.05) is 12.0 Å². The van der Waals surface area contributed by atoms with Gasteiger partial charge >= 0.3 is 0 Å². The van der Waals surface area contributed by atoms with Crippen LogP contribution >= 0.6 is 11.8 Å². The molecule has 0 saturated carbocycles. The van der Waals surface area contributed by atoms with Crippen molar-refractivity contribution in [2.45, 2.75) is 27.2 Å². The van der Waals surface area contributed by atoms with Crippen LogP contribution in [0.4, 0.5) is 11.4 Å². The van der Waals surface area contributed by atoms with Crippen LogP contribution in [0, 0.1) is 13.8 Å². The van der Waals surface area contributed by atoms with E-state index < -0.39 is 0 Å². The van der Waals surface area contributed by atoms with Crippen molar-refractivity contribution in [3.63, 3.8) is 0 Å². The van der Waals surface area contributed by atoms with Gasteiger partial charge in [0.15, 0.2) is 0 Å². The lowest BCUT2D eigenvalue weighted by Gasteiger charge is -2.28. The van der Waals surface area contributed by atoms with Gasteiger partial charge in [-0.25, -0.2) is 0 Å². The molecular weight excluding hydrogens is 366 g/mol. The summed E-state index contributed by atoms with van der Waals surface area (Å²) < 4.78 is 5.81. The number of fused-ring (bicyclic) bond motifs is 1. The molecule has 1 aliphatic rings. The predicted octanol–water partition coefficient (Wildman–Crippen LogP) is 5.27. The third-order valence-corrected chi connectivity index (χ3v) is 6.13. The van der Waals surface area contributed by atoms with E-state index in [9.17, 15) is 0 Å². The van der Waals surface area contributed by atoms with Gasteiger partial charge in [0.2, 0.25) is 0 Å². The van der Waals surface area contributed by atoms with Crippen molar-refractivity contribution in [2.24, 2.45) is 5.84 Å². The summed E-state index contributed by atoms with van der Waals surface area (Å²) in [4.78, 5) is 3.24. The first kappa shape index (κ1) is 20.4. The minimum atomic E-state index is 0.725. The van der Waals surface area contributed by atoms with E-state index in [2.05, 4.69) is 80.5 Å². The largest absolute Gasteiger partial charge is 0.490 e. The van der Waals surface area contributed by atoms with Crippen molar-refractivity contribution in [2.75, 3.05) is 30.5 Å². The minimum absolute atomic E-state index is 0.725. The lowest BCUT2D eigenvalue weighted by molar-refractivity contribution is 0.311. The second kappa shape index (κ2) is 8.76. The van der Waals surface area contributed by atoms with Gasteiger partial charge in [-0.2, -0.15) is 0 Å². The minimum Gasteiger partial charge on any atom is -0.490 e. The summed E-state index contributed by atoms with van der Waals surface area (Å²) >= 11 is 1.67. The molecule has 3 rings (SSSR count). The first-order valence-electron chi connectivity index (χ1n) is 9.45. The summed E-state index contributed by atoms with van der Waals surface area (Å²) in [5.41, 5.74) is 11.0. The number of hydrazine groups is 1. The van der Waals surface area contributed by atoms with Crippen molar-refractivity contribution in [3.8, 4) is 5.75 Å². The summed E-state index contributed by atoms with van der Waals surface area (Å²) in [6.07, 6.45) is 0.913. The average molecular weight is 396 g/mol. The molecule has 5 heteroatoms. The Morgan fingerprint density at radius 2 is 2.07 bits per heavy atom. The molecule has 0 spiro atoms. The van der Waals surface area contributed by atoms with Crippen molar-refractivity contribution < 1.29 is 4.74 Å². The molecule has 1 aliphatic heterocycles. The third-order valence-electron chi connectivity index (χ3n) is 5.09. The van der Waals surface area contributed by atoms with Crippen molar-refractivity contribution in [1.82, 2.24) is 0 Å². The number of nitrogens with two attached hydrogens (primary N) is 1. The molecule has 0 bridgehead atoms. The molecule has 4 nitrogen and oxygen atoms in total. The van der Waals surface area contributed by atoms with Gasteiger partial charge in [-0.15, -0.1) is 0 Å². The molecule has 0 saturated heterocycles. The van der Waals surface area contributed by atoms with Gasteiger partial charge in [0.1, 0.15) is 12.4 Å². The first-order valence-corrected chi connectivity index (χ1v) is 10.3. The highest BCUT2D eigenvalue weighted by Gasteiger charge is 2.15. The van der Waals surface area contributed by atoms with Crippen LogP contribution in [-0.4, -0.2) is 20.2 Å². The highest BCUT2D eigenvalue weighted by Crippen LogP contribution is 2.36. The molecule has 0 aromatic heterocycles. The number of likely N-dealkylation sites (N-methyl/N-ethyl adjacent to an activating group) is 1. The molecule has 0 aliphatic carbocycles. The van der Waals surface area contributed by atoms with E-state index in [1.165, 1.54) is 16.7 Å². The smallest absolute Gasteiger partial charge is 0.143 e. The van der Waals surface area contributed by atoms with E-state index in [0.29, 0.717) is 0 Å². The quantitative estimate of drug-likeness (QED) is 0.516. The van der Waals surface area contributed by atoms with Gasteiger partial charge in [0.05, 0.1) is 17.9 Å². The number of rotatable bonds is 6. The number of nitrogen functional groups attached to an aromatic ring is 1. The van der Waals surface area contributed by atoms with Crippen molar-refractivity contribution in [3.05, 3.63) is 70.1 Å². The summed E-state index contributed by atoms with van der Waals surface area (Å²) in [6.45, 7) is 12.3. The number of allylic oxidation sites excluding steroid dienone is 1. The number of ether oxygens (including phenoxy) is 1. The molecule has 2 aromatic rings. The summed E-state index contributed by atoms with van der Waals surface area (Å²) in [6, 6.07) is 10.6. The normalized spacial score (nSPS) is 13.8. The first-order chi connectivity index (χ1) is 13.4. The van der Waals surface area contributed by atoms with Crippen LogP contribution in [0.3, 0.4) is 0 Å². The Morgan fingerprint density at radius 3 is 2.82 bits per heavy atom. The predicted molar refractivity (Wildman–Crippen MR) is 123 cm³/mol. The highest BCUT2D eigenvalue weighted by molar-refractivity contribution is 8.10. The summed E-state index contributed by atoms with van der Waals surface area (Å²) in [5, 5.41) is 2.19. The second-order valence-electron chi connectivity index (χ2n) is 7.37. The van der Waals surface area contributed by atoms with Crippen LogP contribution in [0.25, 0.3) is 4.91 Å². The molecule has 148 valence electrons. The molecule has 28 heavy (non-hydrogen) atoms. The van der Waals surface area contributed by atoms with Crippen molar-refractivity contribution in [1.29, 1.82) is 0 Å². The van der Waals surface area contributed by atoms with Crippen molar-refractivity contribution >= 4 is 28.0 Å². The number of thioether (sulfide) groups is 1. The van der Waals surface area contributed by atoms with Gasteiger partial charge in [0.25, 0.3) is 0 Å². The van der Waals surface area contributed by atoms with Crippen LogP contribution in [0.5, 0.6) is 5.75 Å². The lowest BCUT2D eigenvalue weighted by Crippen LogP contribution is -2.28.